The zero-order valence-electron chi connectivity index (χ0n) is 13.2. The molecule has 0 aliphatic carbocycles. The van der Waals surface area contributed by atoms with Crippen molar-refractivity contribution in [3.63, 3.8) is 0 Å². The summed E-state index contributed by atoms with van der Waals surface area (Å²) in [6.45, 7) is 2.09. The number of hydrogen-bond acceptors (Lipinski definition) is 2. The average molecular weight is 292 g/mol. The summed E-state index contributed by atoms with van der Waals surface area (Å²) in [5.74, 6) is 10.5. The molecule has 3 heteroatoms. The molecule has 1 unspecified atom stereocenters. The summed E-state index contributed by atoms with van der Waals surface area (Å²) >= 11 is 0. The van der Waals surface area contributed by atoms with Gasteiger partial charge < -0.3 is 10.2 Å². The van der Waals surface area contributed by atoms with Crippen LogP contribution in [0.4, 0.5) is 0 Å². The van der Waals surface area contributed by atoms with E-state index in [1.165, 1.54) is 0 Å². The van der Waals surface area contributed by atoms with Crippen LogP contribution in [0, 0.1) is 23.7 Å². The standard InChI is InChI=1S/C18H28O3/c1-2-3-14-17(19)15-12-10-8-6-4-5-7-9-11-13-16-18(20)21/h17,19H,2-7,9,11,13-14,16H2,1H3,(H,20,21). The molecule has 3 nitrogen and oxygen atoms in total. The molecule has 1 atom stereocenters. The quantitative estimate of drug-likeness (QED) is 0.450. The van der Waals surface area contributed by atoms with Gasteiger partial charge in [0.25, 0.3) is 0 Å². The van der Waals surface area contributed by atoms with Crippen LogP contribution in [0.15, 0.2) is 0 Å². The highest BCUT2D eigenvalue weighted by molar-refractivity contribution is 5.66. The molecule has 2 N–H and O–H groups in total. The Labute approximate surface area is 129 Å². The lowest BCUT2D eigenvalue weighted by molar-refractivity contribution is -0.137. The van der Waals surface area contributed by atoms with E-state index in [0.29, 0.717) is 0 Å². The van der Waals surface area contributed by atoms with Gasteiger partial charge in [-0.3, -0.25) is 4.79 Å². The van der Waals surface area contributed by atoms with Crippen LogP contribution in [0.1, 0.15) is 77.6 Å². The normalized spacial score (nSPS) is 11.0. The molecule has 0 heterocycles. The van der Waals surface area contributed by atoms with Gasteiger partial charge in [0.1, 0.15) is 6.10 Å². The Bertz CT molecular complexity index is 379. The van der Waals surface area contributed by atoms with Gasteiger partial charge in [-0.1, -0.05) is 57.3 Å². The largest absolute Gasteiger partial charge is 0.481 e. The van der Waals surface area contributed by atoms with Crippen molar-refractivity contribution in [2.24, 2.45) is 0 Å². The van der Waals surface area contributed by atoms with Crippen molar-refractivity contribution in [2.45, 2.75) is 83.7 Å². The maximum absolute atomic E-state index is 10.3. The minimum absolute atomic E-state index is 0.286. The summed E-state index contributed by atoms with van der Waals surface area (Å²) in [5, 5.41) is 18.0. The Balaban J connectivity index is 3.41. The number of carbonyl (C=O) groups is 1. The molecule has 0 aromatic heterocycles. The van der Waals surface area contributed by atoms with Gasteiger partial charge in [-0.05, 0) is 31.1 Å². The first kappa shape index (κ1) is 19.6. The minimum Gasteiger partial charge on any atom is -0.481 e. The Morgan fingerprint density at radius 2 is 1.67 bits per heavy atom. The van der Waals surface area contributed by atoms with Crippen LogP contribution >= 0.6 is 0 Å². The third kappa shape index (κ3) is 16.5. The zero-order chi connectivity index (χ0) is 15.8. The van der Waals surface area contributed by atoms with E-state index >= 15 is 0 Å². The van der Waals surface area contributed by atoms with E-state index < -0.39 is 12.1 Å². The van der Waals surface area contributed by atoms with E-state index in [0.717, 1.165) is 64.2 Å². The summed E-state index contributed by atoms with van der Waals surface area (Å²) in [5.41, 5.74) is 0. The minimum atomic E-state index is -0.703. The number of aliphatic carboxylic acids is 1. The fourth-order valence-electron chi connectivity index (χ4n) is 1.89. The number of unbranched alkanes of at least 4 members (excludes halogenated alkanes) is 7. The molecule has 0 saturated heterocycles. The number of carboxylic acids is 1. The van der Waals surface area contributed by atoms with Gasteiger partial charge in [-0.2, -0.15) is 0 Å². The number of aliphatic hydroxyl groups is 1. The molecule has 0 fully saturated rings. The lowest BCUT2D eigenvalue weighted by atomic mass is 10.1. The second-order valence-corrected chi connectivity index (χ2v) is 5.24. The molecule has 0 saturated carbocycles. The molecule has 0 aromatic rings. The van der Waals surface area contributed by atoms with E-state index in [2.05, 4.69) is 30.6 Å². The zero-order valence-corrected chi connectivity index (χ0v) is 13.2. The molecule has 21 heavy (non-hydrogen) atoms. The predicted octanol–water partition coefficient (Wildman–Crippen LogP) is 3.75. The first-order valence-electron chi connectivity index (χ1n) is 8.05. The van der Waals surface area contributed by atoms with E-state index in [4.69, 9.17) is 5.11 Å². The molecule has 0 rings (SSSR count). The molecule has 0 bridgehead atoms. The first-order valence-corrected chi connectivity index (χ1v) is 8.05. The highest BCUT2D eigenvalue weighted by atomic mass is 16.4. The van der Waals surface area contributed by atoms with Crippen molar-refractivity contribution in [2.75, 3.05) is 0 Å². The van der Waals surface area contributed by atoms with Crippen molar-refractivity contribution in [1.82, 2.24) is 0 Å². The second kappa shape index (κ2) is 14.9. The molecular formula is C18H28O3. The third-order valence-electron chi connectivity index (χ3n) is 3.16. The first-order chi connectivity index (χ1) is 10.2. The summed E-state index contributed by atoms with van der Waals surface area (Å²) in [7, 11) is 0. The van der Waals surface area contributed by atoms with Crippen LogP contribution in [-0.4, -0.2) is 22.3 Å². The molecule has 0 spiro atoms. The molecule has 0 aromatic carbocycles. The number of rotatable bonds is 11. The van der Waals surface area contributed by atoms with E-state index in [1.54, 1.807) is 0 Å². The van der Waals surface area contributed by atoms with Crippen molar-refractivity contribution in [3.8, 4) is 23.7 Å². The lowest BCUT2D eigenvalue weighted by Crippen LogP contribution is -2.01. The smallest absolute Gasteiger partial charge is 0.303 e. The fourth-order valence-corrected chi connectivity index (χ4v) is 1.89. The monoisotopic (exact) mass is 292 g/mol. The Kier molecular flexibility index (Phi) is 13.9. The van der Waals surface area contributed by atoms with E-state index in [-0.39, 0.29) is 6.42 Å². The van der Waals surface area contributed by atoms with Crippen molar-refractivity contribution < 1.29 is 15.0 Å². The molecule has 0 amide bonds. The molecule has 0 radical (unpaired) electrons. The van der Waals surface area contributed by atoms with Gasteiger partial charge in [0.15, 0.2) is 0 Å². The van der Waals surface area contributed by atoms with Crippen LogP contribution in [0.3, 0.4) is 0 Å². The molecule has 118 valence electrons. The lowest BCUT2D eigenvalue weighted by Gasteiger charge is -1.98. The van der Waals surface area contributed by atoms with E-state index in [1.807, 2.05) is 0 Å². The van der Waals surface area contributed by atoms with Crippen LogP contribution in [0.25, 0.3) is 0 Å². The van der Waals surface area contributed by atoms with Gasteiger partial charge in [0.2, 0.25) is 0 Å². The van der Waals surface area contributed by atoms with E-state index in [9.17, 15) is 9.90 Å². The maximum Gasteiger partial charge on any atom is 0.303 e. The highest BCUT2D eigenvalue weighted by Gasteiger charge is 1.96. The summed E-state index contributed by atoms with van der Waals surface area (Å²) in [6.07, 6.45) is 9.61. The third-order valence-corrected chi connectivity index (χ3v) is 3.16. The van der Waals surface area contributed by atoms with Gasteiger partial charge >= 0.3 is 5.97 Å². The van der Waals surface area contributed by atoms with Gasteiger partial charge in [0.05, 0.1) is 0 Å². The predicted molar refractivity (Wildman–Crippen MR) is 85.7 cm³/mol. The maximum atomic E-state index is 10.3. The van der Waals surface area contributed by atoms with Crippen molar-refractivity contribution in [3.05, 3.63) is 0 Å². The fraction of sp³-hybridized carbons (Fsp3) is 0.722. The summed E-state index contributed by atoms with van der Waals surface area (Å²) in [6, 6.07) is 0. The highest BCUT2D eigenvalue weighted by Crippen LogP contribution is 2.08. The Morgan fingerprint density at radius 1 is 1.00 bits per heavy atom. The SMILES string of the molecule is CCCCC(O)C#CC#CCCCCCCCCC(=O)O. The summed E-state index contributed by atoms with van der Waals surface area (Å²) < 4.78 is 0. The van der Waals surface area contributed by atoms with Crippen LogP contribution in [0.2, 0.25) is 0 Å². The number of carboxylic acid groups (broad SMARTS) is 1. The number of hydrogen-bond donors (Lipinski definition) is 2. The topological polar surface area (TPSA) is 57.5 Å². The van der Waals surface area contributed by atoms with Crippen LogP contribution < -0.4 is 0 Å². The van der Waals surface area contributed by atoms with Gasteiger partial charge in [-0.15, -0.1) is 0 Å². The second-order valence-electron chi connectivity index (χ2n) is 5.24. The van der Waals surface area contributed by atoms with Crippen molar-refractivity contribution in [1.29, 1.82) is 0 Å². The Hall–Kier alpha value is -1.45. The number of aliphatic hydroxyl groups excluding tert-OH is 1. The van der Waals surface area contributed by atoms with Crippen LogP contribution in [0.5, 0.6) is 0 Å². The Morgan fingerprint density at radius 3 is 2.33 bits per heavy atom. The molecule has 0 aliphatic heterocycles. The van der Waals surface area contributed by atoms with Gasteiger partial charge in [-0.25, -0.2) is 0 Å². The molecular weight excluding hydrogens is 264 g/mol. The van der Waals surface area contributed by atoms with Crippen LogP contribution in [-0.2, 0) is 4.79 Å². The average Bonchev–Trinajstić information content (AvgIpc) is 2.45. The van der Waals surface area contributed by atoms with Gasteiger partial charge in [0, 0.05) is 12.8 Å². The van der Waals surface area contributed by atoms with Crippen molar-refractivity contribution >= 4 is 5.97 Å². The molecule has 0 aliphatic rings. The summed E-state index contributed by atoms with van der Waals surface area (Å²) in [4.78, 5) is 10.3.